The SMILES string of the molecule is Cc1cc(C(=O)O)c(F)nc1Cl. The van der Waals surface area contributed by atoms with Gasteiger partial charge in [-0.15, -0.1) is 0 Å². The van der Waals surface area contributed by atoms with E-state index in [2.05, 4.69) is 4.98 Å². The normalized spacial score (nSPS) is 9.92. The number of carboxylic acids is 1. The Morgan fingerprint density at radius 1 is 1.75 bits per heavy atom. The molecule has 0 aliphatic carbocycles. The van der Waals surface area contributed by atoms with Gasteiger partial charge in [0.15, 0.2) is 0 Å². The van der Waals surface area contributed by atoms with Crippen molar-refractivity contribution in [3.8, 4) is 0 Å². The molecule has 0 amide bonds. The molecule has 0 aromatic carbocycles. The second-order valence-electron chi connectivity index (χ2n) is 2.24. The first-order chi connectivity index (χ1) is 5.52. The summed E-state index contributed by atoms with van der Waals surface area (Å²) in [7, 11) is 0. The number of rotatable bonds is 1. The molecular formula is C7H5ClFNO2. The number of nitrogens with zero attached hydrogens (tertiary/aromatic N) is 1. The average molecular weight is 190 g/mol. The lowest BCUT2D eigenvalue weighted by atomic mass is 10.2. The second kappa shape index (κ2) is 3.06. The Kier molecular flexibility index (Phi) is 2.28. The van der Waals surface area contributed by atoms with Crippen LogP contribution in [-0.4, -0.2) is 16.1 Å². The van der Waals surface area contributed by atoms with Crippen LogP contribution in [0.4, 0.5) is 4.39 Å². The van der Waals surface area contributed by atoms with Crippen molar-refractivity contribution >= 4 is 17.6 Å². The van der Waals surface area contributed by atoms with E-state index in [1.807, 2.05) is 0 Å². The van der Waals surface area contributed by atoms with E-state index in [1.54, 1.807) is 6.92 Å². The van der Waals surface area contributed by atoms with Crippen LogP contribution in [-0.2, 0) is 0 Å². The van der Waals surface area contributed by atoms with Crippen LogP contribution in [0.25, 0.3) is 0 Å². The average Bonchev–Trinajstić information content (AvgIpc) is 1.96. The molecule has 0 aliphatic heterocycles. The predicted molar refractivity (Wildman–Crippen MR) is 40.9 cm³/mol. The molecule has 1 heterocycles. The largest absolute Gasteiger partial charge is 0.478 e. The summed E-state index contributed by atoms with van der Waals surface area (Å²) in [5.74, 6) is -2.40. The van der Waals surface area contributed by atoms with E-state index in [9.17, 15) is 9.18 Å². The first-order valence-electron chi connectivity index (χ1n) is 3.08. The third kappa shape index (κ3) is 1.53. The van der Waals surface area contributed by atoms with Crippen LogP contribution in [0.15, 0.2) is 6.07 Å². The van der Waals surface area contributed by atoms with E-state index < -0.39 is 17.5 Å². The standard InChI is InChI=1S/C7H5ClFNO2/c1-3-2-4(7(11)12)6(9)10-5(3)8/h2H,1H3,(H,11,12). The smallest absolute Gasteiger partial charge is 0.340 e. The Balaban J connectivity index is 3.33. The molecule has 0 aliphatic rings. The minimum atomic E-state index is -1.35. The van der Waals surface area contributed by atoms with Crippen molar-refractivity contribution in [2.75, 3.05) is 0 Å². The molecule has 12 heavy (non-hydrogen) atoms. The highest BCUT2D eigenvalue weighted by atomic mass is 35.5. The predicted octanol–water partition coefficient (Wildman–Crippen LogP) is 1.88. The van der Waals surface area contributed by atoms with Crippen molar-refractivity contribution < 1.29 is 14.3 Å². The molecule has 1 aromatic heterocycles. The fourth-order valence-electron chi connectivity index (χ4n) is 0.720. The molecule has 0 atom stereocenters. The third-order valence-electron chi connectivity index (χ3n) is 1.34. The zero-order valence-electron chi connectivity index (χ0n) is 6.14. The van der Waals surface area contributed by atoms with Crippen LogP contribution in [0.2, 0.25) is 5.15 Å². The van der Waals surface area contributed by atoms with Crippen molar-refractivity contribution in [2.45, 2.75) is 6.92 Å². The molecule has 0 saturated carbocycles. The van der Waals surface area contributed by atoms with Crippen molar-refractivity contribution in [3.63, 3.8) is 0 Å². The first-order valence-corrected chi connectivity index (χ1v) is 3.46. The van der Waals surface area contributed by atoms with Gasteiger partial charge in [-0.1, -0.05) is 11.6 Å². The molecule has 0 fully saturated rings. The molecule has 3 nitrogen and oxygen atoms in total. The number of aryl methyl sites for hydroxylation is 1. The zero-order chi connectivity index (χ0) is 9.30. The summed E-state index contributed by atoms with van der Waals surface area (Å²) in [4.78, 5) is 13.6. The van der Waals surface area contributed by atoms with E-state index in [0.29, 0.717) is 5.56 Å². The van der Waals surface area contributed by atoms with Crippen molar-refractivity contribution in [3.05, 3.63) is 28.3 Å². The summed E-state index contributed by atoms with van der Waals surface area (Å²) in [6, 6.07) is 1.15. The molecule has 5 heteroatoms. The summed E-state index contributed by atoms with van der Waals surface area (Å²) in [5, 5.41) is 8.44. The summed E-state index contributed by atoms with van der Waals surface area (Å²) in [6.45, 7) is 1.56. The first kappa shape index (κ1) is 8.93. The maximum absolute atomic E-state index is 12.7. The van der Waals surface area contributed by atoms with Gasteiger partial charge < -0.3 is 5.11 Å². The fourth-order valence-corrected chi connectivity index (χ4v) is 0.849. The summed E-state index contributed by atoms with van der Waals surface area (Å²) in [6.07, 6.45) is 0. The summed E-state index contributed by atoms with van der Waals surface area (Å²) in [5.41, 5.74) is -0.0210. The minimum Gasteiger partial charge on any atom is -0.478 e. The summed E-state index contributed by atoms with van der Waals surface area (Å²) >= 11 is 5.45. The quantitative estimate of drug-likeness (QED) is 0.687. The van der Waals surface area contributed by atoms with Crippen LogP contribution in [0.3, 0.4) is 0 Å². The molecule has 1 rings (SSSR count). The van der Waals surface area contributed by atoms with Gasteiger partial charge in [0.25, 0.3) is 0 Å². The van der Waals surface area contributed by atoms with Gasteiger partial charge in [-0.2, -0.15) is 4.39 Å². The number of hydrogen-bond donors (Lipinski definition) is 1. The van der Waals surface area contributed by atoms with Crippen LogP contribution >= 0.6 is 11.6 Å². The van der Waals surface area contributed by atoms with Crippen molar-refractivity contribution in [1.82, 2.24) is 4.98 Å². The molecule has 1 aromatic rings. The minimum absolute atomic E-state index is 0.0162. The van der Waals surface area contributed by atoms with E-state index >= 15 is 0 Å². The number of halogens is 2. The second-order valence-corrected chi connectivity index (χ2v) is 2.60. The van der Waals surface area contributed by atoms with Crippen LogP contribution < -0.4 is 0 Å². The number of carboxylic acid groups (broad SMARTS) is 1. The fraction of sp³-hybridized carbons (Fsp3) is 0.143. The van der Waals surface area contributed by atoms with Crippen molar-refractivity contribution in [1.29, 1.82) is 0 Å². The van der Waals surface area contributed by atoms with Crippen LogP contribution in [0.1, 0.15) is 15.9 Å². The molecular weight excluding hydrogens is 185 g/mol. The van der Waals surface area contributed by atoms with E-state index in [4.69, 9.17) is 16.7 Å². The lowest BCUT2D eigenvalue weighted by Crippen LogP contribution is -2.03. The maximum atomic E-state index is 12.7. The van der Waals surface area contributed by atoms with E-state index in [1.165, 1.54) is 0 Å². The molecule has 0 radical (unpaired) electrons. The van der Waals surface area contributed by atoms with Gasteiger partial charge in [0.1, 0.15) is 10.7 Å². The topological polar surface area (TPSA) is 50.2 Å². The van der Waals surface area contributed by atoms with Crippen molar-refractivity contribution in [2.24, 2.45) is 0 Å². The molecule has 0 bridgehead atoms. The Labute approximate surface area is 72.8 Å². The van der Waals surface area contributed by atoms with Gasteiger partial charge in [-0.05, 0) is 18.6 Å². The lowest BCUT2D eigenvalue weighted by molar-refractivity contribution is 0.0690. The highest BCUT2D eigenvalue weighted by Crippen LogP contribution is 2.15. The zero-order valence-corrected chi connectivity index (χ0v) is 6.89. The van der Waals surface area contributed by atoms with Gasteiger partial charge in [0, 0.05) is 0 Å². The van der Waals surface area contributed by atoms with Gasteiger partial charge in [-0.25, -0.2) is 9.78 Å². The third-order valence-corrected chi connectivity index (χ3v) is 1.72. The number of carbonyl (C=O) groups is 1. The monoisotopic (exact) mass is 189 g/mol. The lowest BCUT2D eigenvalue weighted by Gasteiger charge is -1.99. The highest BCUT2D eigenvalue weighted by molar-refractivity contribution is 6.30. The molecule has 0 saturated heterocycles. The molecule has 1 N–H and O–H groups in total. The number of pyridine rings is 1. The van der Waals surface area contributed by atoms with Gasteiger partial charge in [0.05, 0.1) is 0 Å². The molecule has 64 valence electrons. The number of aromatic carboxylic acids is 1. The summed E-state index contributed by atoms with van der Waals surface area (Å²) < 4.78 is 12.7. The van der Waals surface area contributed by atoms with E-state index in [0.717, 1.165) is 6.07 Å². The van der Waals surface area contributed by atoms with Gasteiger partial charge in [-0.3, -0.25) is 0 Å². The molecule has 0 spiro atoms. The maximum Gasteiger partial charge on any atom is 0.340 e. The number of aromatic nitrogens is 1. The van der Waals surface area contributed by atoms with Crippen LogP contribution in [0, 0.1) is 12.9 Å². The Hall–Kier alpha value is -1.16. The van der Waals surface area contributed by atoms with E-state index in [-0.39, 0.29) is 5.15 Å². The Morgan fingerprint density at radius 3 is 2.83 bits per heavy atom. The Morgan fingerprint density at radius 2 is 2.33 bits per heavy atom. The van der Waals surface area contributed by atoms with Crippen LogP contribution in [0.5, 0.6) is 0 Å². The van der Waals surface area contributed by atoms with Gasteiger partial charge >= 0.3 is 5.97 Å². The Bertz CT molecular complexity index is 340. The highest BCUT2D eigenvalue weighted by Gasteiger charge is 2.13. The number of hydrogen-bond acceptors (Lipinski definition) is 2. The van der Waals surface area contributed by atoms with Gasteiger partial charge in [0.2, 0.25) is 5.95 Å². The molecule has 0 unspecified atom stereocenters.